The van der Waals surface area contributed by atoms with Crippen LogP contribution in [-0.4, -0.2) is 0 Å². The molecule has 0 saturated heterocycles. The Morgan fingerprint density at radius 2 is 1.88 bits per heavy atom. The molecular formula is C13H9BrNS+. The molecule has 0 bridgehead atoms. The summed E-state index contributed by atoms with van der Waals surface area (Å²) in [6.07, 6.45) is 0. The Bertz CT molecular complexity index is 612. The van der Waals surface area contributed by atoms with Gasteiger partial charge in [0, 0.05) is 10.5 Å². The van der Waals surface area contributed by atoms with Gasteiger partial charge in [0.1, 0.15) is 4.70 Å². The molecule has 3 aromatic rings. The van der Waals surface area contributed by atoms with Gasteiger partial charge in [0.15, 0.2) is 0 Å². The van der Waals surface area contributed by atoms with E-state index in [0.29, 0.717) is 0 Å². The lowest BCUT2D eigenvalue weighted by Gasteiger charge is -1.91. The van der Waals surface area contributed by atoms with E-state index in [9.17, 15) is 0 Å². The number of halogens is 1. The maximum absolute atomic E-state index is 3.49. The van der Waals surface area contributed by atoms with Crippen molar-refractivity contribution in [2.45, 2.75) is 0 Å². The fourth-order valence-corrected chi connectivity index (χ4v) is 3.08. The summed E-state index contributed by atoms with van der Waals surface area (Å²) in [5, 5.41) is 1.20. The number of aromatic nitrogens is 1. The van der Waals surface area contributed by atoms with Crippen LogP contribution in [-0.2, 0) is 0 Å². The standard InChI is InChI=1S/C13H8BrNS/c14-10-5-3-4-9(8-10)13-15-11-6-1-2-7-12(11)16-13/h1-8H/p+1. The van der Waals surface area contributed by atoms with Gasteiger partial charge >= 0.3 is 0 Å². The molecular weight excluding hydrogens is 282 g/mol. The Balaban J connectivity index is 2.19. The van der Waals surface area contributed by atoms with Crippen LogP contribution >= 0.6 is 27.3 Å². The molecule has 0 atom stereocenters. The molecule has 0 amide bonds. The molecule has 3 heteroatoms. The Morgan fingerprint density at radius 1 is 1.00 bits per heavy atom. The highest BCUT2D eigenvalue weighted by Crippen LogP contribution is 2.27. The summed E-state index contributed by atoms with van der Waals surface area (Å²) in [6, 6.07) is 16.7. The van der Waals surface area contributed by atoms with E-state index in [1.54, 1.807) is 11.3 Å². The maximum atomic E-state index is 3.49. The summed E-state index contributed by atoms with van der Waals surface area (Å²) in [4.78, 5) is 3.44. The second-order valence-corrected chi connectivity index (χ2v) is 5.53. The van der Waals surface area contributed by atoms with Gasteiger partial charge in [0.05, 0.1) is 5.56 Å². The van der Waals surface area contributed by atoms with E-state index in [-0.39, 0.29) is 0 Å². The van der Waals surface area contributed by atoms with Gasteiger partial charge in [0.2, 0.25) is 5.52 Å². The summed E-state index contributed by atoms with van der Waals surface area (Å²) >= 11 is 5.28. The average molecular weight is 291 g/mol. The van der Waals surface area contributed by atoms with Crippen LogP contribution in [0.4, 0.5) is 0 Å². The van der Waals surface area contributed by atoms with E-state index in [1.807, 2.05) is 6.07 Å². The van der Waals surface area contributed by atoms with Crippen LogP contribution in [0.2, 0.25) is 0 Å². The van der Waals surface area contributed by atoms with Crippen LogP contribution < -0.4 is 4.98 Å². The van der Waals surface area contributed by atoms with Gasteiger partial charge in [0.25, 0.3) is 5.01 Å². The number of rotatable bonds is 1. The van der Waals surface area contributed by atoms with Crippen molar-refractivity contribution in [2.75, 3.05) is 0 Å². The van der Waals surface area contributed by atoms with E-state index in [0.717, 1.165) is 4.47 Å². The van der Waals surface area contributed by atoms with Crippen LogP contribution in [0.5, 0.6) is 0 Å². The highest BCUT2D eigenvalue weighted by molar-refractivity contribution is 9.10. The fourth-order valence-electron chi connectivity index (χ4n) is 1.68. The lowest BCUT2D eigenvalue weighted by atomic mass is 10.2. The van der Waals surface area contributed by atoms with Crippen LogP contribution in [0.1, 0.15) is 0 Å². The molecule has 3 rings (SSSR count). The molecule has 0 aliphatic rings. The average Bonchev–Trinajstić information content (AvgIpc) is 2.72. The smallest absolute Gasteiger partial charge is 0.194 e. The molecule has 1 nitrogen and oxygen atoms in total. The van der Waals surface area contributed by atoms with Gasteiger partial charge in [-0.2, -0.15) is 4.98 Å². The second kappa shape index (κ2) is 4.00. The van der Waals surface area contributed by atoms with E-state index in [4.69, 9.17) is 0 Å². The summed E-state index contributed by atoms with van der Waals surface area (Å²) < 4.78 is 2.40. The van der Waals surface area contributed by atoms with Crippen molar-refractivity contribution < 1.29 is 4.98 Å². The summed E-state index contributed by atoms with van der Waals surface area (Å²) in [5.41, 5.74) is 2.41. The van der Waals surface area contributed by atoms with Crippen LogP contribution in [0.3, 0.4) is 0 Å². The van der Waals surface area contributed by atoms with Gasteiger partial charge in [-0.3, -0.25) is 0 Å². The van der Waals surface area contributed by atoms with Crippen molar-refractivity contribution in [3.05, 3.63) is 53.0 Å². The number of fused-ring (bicyclic) bond motifs is 1. The normalized spacial score (nSPS) is 10.8. The molecule has 0 saturated carbocycles. The molecule has 0 unspecified atom stereocenters. The third kappa shape index (κ3) is 1.77. The minimum Gasteiger partial charge on any atom is -0.194 e. The molecule has 1 N–H and O–H groups in total. The molecule has 0 aliphatic heterocycles. The number of aromatic amines is 1. The van der Waals surface area contributed by atoms with Gasteiger partial charge in [-0.1, -0.05) is 45.5 Å². The molecule has 2 aromatic carbocycles. The third-order valence-corrected chi connectivity index (χ3v) is 4.05. The van der Waals surface area contributed by atoms with Gasteiger partial charge < -0.3 is 0 Å². The molecule has 0 aliphatic carbocycles. The number of nitrogens with one attached hydrogen (secondary N) is 1. The Labute approximate surface area is 106 Å². The summed E-state index contributed by atoms with van der Waals surface area (Å²) in [5.74, 6) is 0. The Hall–Kier alpha value is -1.19. The van der Waals surface area contributed by atoms with Gasteiger partial charge in [-0.05, 0) is 24.3 Å². The monoisotopic (exact) mass is 290 g/mol. The largest absolute Gasteiger partial charge is 0.268 e. The first kappa shape index (κ1) is 10.00. The number of H-pyrrole nitrogens is 1. The minimum absolute atomic E-state index is 1.11. The van der Waals surface area contributed by atoms with E-state index in [1.165, 1.54) is 20.8 Å². The topological polar surface area (TPSA) is 14.1 Å². The molecule has 0 spiro atoms. The second-order valence-electron chi connectivity index (χ2n) is 3.56. The van der Waals surface area contributed by atoms with Crippen molar-refractivity contribution in [3.8, 4) is 10.6 Å². The quantitative estimate of drug-likeness (QED) is 0.639. The number of benzene rings is 2. The lowest BCUT2D eigenvalue weighted by Crippen LogP contribution is -2.00. The fraction of sp³-hybridized carbons (Fsp3) is 0. The van der Waals surface area contributed by atoms with Crippen LogP contribution in [0.15, 0.2) is 53.0 Å². The van der Waals surface area contributed by atoms with E-state index in [2.05, 4.69) is 63.4 Å². The number of thiazole rings is 1. The number of para-hydroxylation sites is 1. The Morgan fingerprint density at radius 3 is 2.69 bits per heavy atom. The van der Waals surface area contributed by atoms with Crippen molar-refractivity contribution >= 4 is 37.5 Å². The minimum atomic E-state index is 1.11. The maximum Gasteiger partial charge on any atom is 0.268 e. The van der Waals surface area contributed by atoms with Gasteiger partial charge in [-0.25, -0.2) is 0 Å². The highest BCUT2D eigenvalue weighted by atomic mass is 79.9. The van der Waals surface area contributed by atoms with E-state index < -0.39 is 0 Å². The van der Waals surface area contributed by atoms with Crippen molar-refractivity contribution in [1.29, 1.82) is 0 Å². The van der Waals surface area contributed by atoms with Crippen molar-refractivity contribution in [1.82, 2.24) is 0 Å². The van der Waals surface area contributed by atoms with Crippen LogP contribution in [0.25, 0.3) is 20.8 Å². The third-order valence-electron chi connectivity index (χ3n) is 2.43. The predicted octanol–water partition coefficient (Wildman–Crippen LogP) is 4.14. The predicted molar refractivity (Wildman–Crippen MR) is 71.5 cm³/mol. The number of hydrogen-bond acceptors (Lipinski definition) is 1. The number of hydrogen-bond donors (Lipinski definition) is 0. The van der Waals surface area contributed by atoms with Crippen LogP contribution in [0, 0.1) is 0 Å². The molecule has 78 valence electrons. The molecule has 0 radical (unpaired) electrons. The first-order valence-electron chi connectivity index (χ1n) is 5.00. The zero-order chi connectivity index (χ0) is 11.0. The molecule has 1 aromatic heterocycles. The van der Waals surface area contributed by atoms with Gasteiger partial charge in [-0.15, -0.1) is 0 Å². The first-order valence-corrected chi connectivity index (χ1v) is 6.61. The summed E-state index contributed by atoms with van der Waals surface area (Å²) in [6.45, 7) is 0. The van der Waals surface area contributed by atoms with Crippen molar-refractivity contribution in [3.63, 3.8) is 0 Å². The lowest BCUT2D eigenvalue weighted by molar-refractivity contribution is -0.325. The van der Waals surface area contributed by atoms with E-state index >= 15 is 0 Å². The molecule has 0 fully saturated rings. The molecule has 16 heavy (non-hydrogen) atoms. The zero-order valence-electron chi connectivity index (χ0n) is 8.41. The highest BCUT2D eigenvalue weighted by Gasteiger charge is 2.12. The Kier molecular flexibility index (Phi) is 2.50. The zero-order valence-corrected chi connectivity index (χ0v) is 10.8. The first-order chi connectivity index (χ1) is 7.83. The van der Waals surface area contributed by atoms with Crippen molar-refractivity contribution in [2.24, 2.45) is 0 Å². The molecule has 1 heterocycles. The summed E-state index contributed by atoms with van der Waals surface area (Å²) in [7, 11) is 0. The SMILES string of the molecule is Brc1cccc(-c2[nH+]c3ccccc3s2)c1.